The van der Waals surface area contributed by atoms with Crippen molar-refractivity contribution in [1.29, 1.82) is 0 Å². The maximum atomic E-state index is 13.1. The molecule has 0 aliphatic heterocycles. The molecule has 2 heterocycles. The fourth-order valence-corrected chi connectivity index (χ4v) is 2.29. The third-order valence-electron chi connectivity index (χ3n) is 2.97. The second-order valence-corrected chi connectivity index (χ2v) is 5.82. The molecule has 0 saturated heterocycles. The summed E-state index contributed by atoms with van der Waals surface area (Å²) in [6, 6.07) is 3.28. The second-order valence-electron chi connectivity index (χ2n) is 5.82. The number of fused-ring (bicyclic) bond motifs is 1. The molecule has 0 radical (unpaired) electrons. The Balaban J connectivity index is 2.14. The van der Waals surface area contributed by atoms with Crippen LogP contribution < -0.4 is 5.32 Å². The molecule has 0 aromatic carbocycles. The minimum absolute atomic E-state index is 0.271. The third-order valence-corrected chi connectivity index (χ3v) is 2.97. The van der Waals surface area contributed by atoms with Crippen LogP contribution in [0.1, 0.15) is 20.3 Å². The first kappa shape index (κ1) is 14.7. The number of hydrogen-bond acceptors (Lipinski definition) is 4. The van der Waals surface area contributed by atoms with E-state index in [0.29, 0.717) is 17.5 Å². The SMILES string of the molecule is CC(C)CC(CN(C)C)Nc1nc2ccc(F)cn2n1. The predicted octanol–water partition coefficient (Wildman–Crippen LogP) is 2.26. The van der Waals surface area contributed by atoms with Gasteiger partial charge in [0.05, 0.1) is 6.20 Å². The first-order valence-corrected chi connectivity index (χ1v) is 6.87. The molecular weight excluding hydrogens is 257 g/mol. The lowest BCUT2D eigenvalue weighted by Gasteiger charge is -2.23. The molecule has 0 bridgehead atoms. The molecule has 2 rings (SSSR count). The van der Waals surface area contributed by atoms with Crippen LogP contribution in [0.25, 0.3) is 5.65 Å². The molecule has 0 aliphatic carbocycles. The average Bonchev–Trinajstić information content (AvgIpc) is 2.68. The fourth-order valence-electron chi connectivity index (χ4n) is 2.29. The van der Waals surface area contributed by atoms with E-state index < -0.39 is 0 Å². The summed E-state index contributed by atoms with van der Waals surface area (Å²) in [5.41, 5.74) is 0.641. The molecule has 0 amide bonds. The van der Waals surface area contributed by atoms with Gasteiger partial charge in [0, 0.05) is 12.6 Å². The van der Waals surface area contributed by atoms with Gasteiger partial charge in [-0.05, 0) is 38.6 Å². The van der Waals surface area contributed by atoms with Gasteiger partial charge in [-0.3, -0.25) is 0 Å². The Morgan fingerprint density at radius 3 is 2.75 bits per heavy atom. The van der Waals surface area contributed by atoms with Gasteiger partial charge in [0.1, 0.15) is 5.82 Å². The maximum Gasteiger partial charge on any atom is 0.243 e. The van der Waals surface area contributed by atoms with Crippen molar-refractivity contribution in [1.82, 2.24) is 19.5 Å². The van der Waals surface area contributed by atoms with Crippen LogP contribution in [-0.2, 0) is 0 Å². The monoisotopic (exact) mass is 279 g/mol. The number of likely N-dealkylation sites (N-methyl/N-ethyl adjacent to an activating group) is 1. The number of nitrogens with one attached hydrogen (secondary N) is 1. The highest BCUT2D eigenvalue weighted by atomic mass is 19.1. The summed E-state index contributed by atoms with van der Waals surface area (Å²) in [7, 11) is 4.09. The first-order valence-electron chi connectivity index (χ1n) is 6.87. The average molecular weight is 279 g/mol. The minimum atomic E-state index is -0.319. The number of pyridine rings is 1. The molecule has 1 atom stereocenters. The first-order chi connectivity index (χ1) is 9.44. The summed E-state index contributed by atoms with van der Waals surface area (Å²) in [5, 5.41) is 7.61. The Morgan fingerprint density at radius 2 is 2.10 bits per heavy atom. The van der Waals surface area contributed by atoms with Gasteiger partial charge < -0.3 is 10.2 Å². The van der Waals surface area contributed by atoms with E-state index in [1.54, 1.807) is 6.07 Å². The van der Waals surface area contributed by atoms with E-state index in [4.69, 9.17) is 0 Å². The number of hydrogen-bond donors (Lipinski definition) is 1. The van der Waals surface area contributed by atoms with Gasteiger partial charge in [-0.15, -0.1) is 5.10 Å². The Hall–Kier alpha value is -1.69. The van der Waals surface area contributed by atoms with E-state index in [-0.39, 0.29) is 11.9 Å². The standard InChI is InChI=1S/C14H22FN5/c1-10(2)7-12(9-19(3)4)16-14-17-13-6-5-11(15)8-20(13)18-14/h5-6,8,10,12H,7,9H2,1-4H3,(H,16,18). The van der Waals surface area contributed by atoms with Gasteiger partial charge in [-0.2, -0.15) is 4.98 Å². The Labute approximate surface area is 118 Å². The number of rotatable bonds is 6. The Morgan fingerprint density at radius 1 is 1.35 bits per heavy atom. The fraction of sp³-hybridized carbons (Fsp3) is 0.571. The molecule has 20 heavy (non-hydrogen) atoms. The van der Waals surface area contributed by atoms with Crippen LogP contribution in [0.2, 0.25) is 0 Å². The van der Waals surface area contributed by atoms with Gasteiger partial charge in [0.2, 0.25) is 5.95 Å². The minimum Gasteiger partial charge on any atom is -0.349 e. The van der Waals surface area contributed by atoms with Crippen molar-refractivity contribution in [3.8, 4) is 0 Å². The highest BCUT2D eigenvalue weighted by molar-refractivity contribution is 5.43. The molecule has 5 nitrogen and oxygen atoms in total. The molecule has 0 saturated carbocycles. The number of nitrogens with zero attached hydrogens (tertiary/aromatic N) is 4. The molecule has 0 spiro atoms. The van der Waals surface area contributed by atoms with Crippen molar-refractivity contribution in [3.63, 3.8) is 0 Å². The van der Waals surface area contributed by atoms with Crippen molar-refractivity contribution in [3.05, 3.63) is 24.1 Å². The molecule has 2 aromatic heterocycles. The topological polar surface area (TPSA) is 45.5 Å². The Bertz CT molecular complexity index is 554. The van der Waals surface area contributed by atoms with Crippen molar-refractivity contribution in [2.75, 3.05) is 26.0 Å². The number of halogens is 1. The Kier molecular flexibility index (Phi) is 4.54. The normalized spacial score (nSPS) is 13.3. The molecule has 2 aromatic rings. The van der Waals surface area contributed by atoms with Crippen LogP contribution in [0.5, 0.6) is 0 Å². The van der Waals surface area contributed by atoms with E-state index in [1.807, 2.05) is 14.1 Å². The van der Waals surface area contributed by atoms with Crippen molar-refractivity contribution >= 4 is 11.6 Å². The zero-order chi connectivity index (χ0) is 14.7. The van der Waals surface area contributed by atoms with Crippen molar-refractivity contribution < 1.29 is 4.39 Å². The molecule has 1 N–H and O–H groups in total. The van der Waals surface area contributed by atoms with Crippen LogP contribution in [0.3, 0.4) is 0 Å². The van der Waals surface area contributed by atoms with E-state index >= 15 is 0 Å². The predicted molar refractivity (Wildman–Crippen MR) is 78.4 cm³/mol. The van der Waals surface area contributed by atoms with Crippen molar-refractivity contribution in [2.24, 2.45) is 5.92 Å². The van der Waals surface area contributed by atoms with Gasteiger partial charge >= 0.3 is 0 Å². The molecular formula is C14H22FN5. The second kappa shape index (κ2) is 6.17. The van der Waals surface area contributed by atoms with Gasteiger partial charge in [-0.1, -0.05) is 13.8 Å². The quantitative estimate of drug-likeness (QED) is 0.881. The zero-order valence-corrected chi connectivity index (χ0v) is 12.5. The zero-order valence-electron chi connectivity index (χ0n) is 12.5. The van der Waals surface area contributed by atoms with Gasteiger partial charge in [-0.25, -0.2) is 8.91 Å². The number of anilines is 1. The lowest BCUT2D eigenvalue weighted by Crippen LogP contribution is -2.33. The smallest absolute Gasteiger partial charge is 0.243 e. The molecule has 110 valence electrons. The van der Waals surface area contributed by atoms with Crippen molar-refractivity contribution in [2.45, 2.75) is 26.3 Å². The van der Waals surface area contributed by atoms with Crippen LogP contribution in [-0.4, -0.2) is 46.2 Å². The maximum absolute atomic E-state index is 13.1. The van der Waals surface area contributed by atoms with Gasteiger partial charge in [0.25, 0.3) is 0 Å². The summed E-state index contributed by atoms with van der Waals surface area (Å²) in [6.45, 7) is 5.29. The highest BCUT2D eigenvalue weighted by Crippen LogP contribution is 2.12. The summed E-state index contributed by atoms with van der Waals surface area (Å²) >= 11 is 0. The van der Waals surface area contributed by atoms with Crippen LogP contribution in [0, 0.1) is 11.7 Å². The molecule has 0 aliphatic rings. The van der Waals surface area contributed by atoms with E-state index in [9.17, 15) is 4.39 Å². The van der Waals surface area contributed by atoms with Crippen LogP contribution in [0.4, 0.5) is 10.3 Å². The highest BCUT2D eigenvalue weighted by Gasteiger charge is 2.14. The van der Waals surface area contributed by atoms with Crippen LogP contribution in [0.15, 0.2) is 18.3 Å². The van der Waals surface area contributed by atoms with E-state index in [0.717, 1.165) is 13.0 Å². The molecule has 1 unspecified atom stereocenters. The molecule has 6 heteroatoms. The summed E-state index contributed by atoms with van der Waals surface area (Å²) in [5.74, 6) is 0.811. The number of aromatic nitrogens is 3. The van der Waals surface area contributed by atoms with E-state index in [2.05, 4.69) is 34.1 Å². The summed E-state index contributed by atoms with van der Waals surface area (Å²) in [6.07, 6.45) is 2.36. The summed E-state index contributed by atoms with van der Waals surface area (Å²) in [4.78, 5) is 6.50. The largest absolute Gasteiger partial charge is 0.349 e. The van der Waals surface area contributed by atoms with Gasteiger partial charge in [0.15, 0.2) is 5.65 Å². The van der Waals surface area contributed by atoms with E-state index in [1.165, 1.54) is 16.8 Å². The lowest BCUT2D eigenvalue weighted by atomic mass is 10.0. The molecule has 0 fully saturated rings. The van der Waals surface area contributed by atoms with Crippen LogP contribution >= 0.6 is 0 Å². The lowest BCUT2D eigenvalue weighted by molar-refractivity contribution is 0.355. The summed E-state index contributed by atoms with van der Waals surface area (Å²) < 4.78 is 14.6. The third kappa shape index (κ3) is 3.90.